The SMILES string of the molecule is N=Cc1c(N)cccc1-c1nc(N2CCOCC2)c2sc(CN3CCN(C(=O)CCC(=O)/C=C/c4ccccn4)CC3)cc2n1. The fraction of sp³-hybridized carbons (Fsp3) is 0.333. The Labute approximate surface area is 265 Å². The van der Waals surface area contributed by atoms with Crippen molar-refractivity contribution >= 4 is 57.0 Å². The normalized spacial score (nSPS) is 16.0. The van der Waals surface area contributed by atoms with E-state index in [1.807, 2.05) is 35.2 Å². The number of pyridine rings is 1. The van der Waals surface area contributed by atoms with Crippen LogP contribution in [0.4, 0.5) is 11.5 Å². The molecule has 3 N–H and O–H groups in total. The summed E-state index contributed by atoms with van der Waals surface area (Å²) in [4.78, 5) is 46.9. The zero-order chi connectivity index (χ0) is 31.2. The van der Waals surface area contributed by atoms with Crippen molar-refractivity contribution < 1.29 is 14.3 Å². The van der Waals surface area contributed by atoms with Crippen LogP contribution in [-0.2, 0) is 20.9 Å². The van der Waals surface area contributed by atoms with E-state index in [4.69, 9.17) is 25.8 Å². The average molecular weight is 625 g/mol. The zero-order valence-corrected chi connectivity index (χ0v) is 25.8. The second kappa shape index (κ2) is 14.1. The predicted octanol–water partition coefficient (Wildman–Crippen LogP) is 3.88. The van der Waals surface area contributed by atoms with Crippen molar-refractivity contribution in [2.45, 2.75) is 19.4 Å². The second-order valence-electron chi connectivity index (χ2n) is 11.1. The molecule has 0 spiro atoms. The molecule has 2 aliphatic heterocycles. The number of carbonyl (C=O) groups excluding carboxylic acids is 2. The van der Waals surface area contributed by atoms with Crippen molar-refractivity contribution in [1.82, 2.24) is 24.8 Å². The van der Waals surface area contributed by atoms with E-state index >= 15 is 0 Å². The third-order valence-electron chi connectivity index (χ3n) is 8.06. The second-order valence-corrected chi connectivity index (χ2v) is 12.2. The first-order valence-electron chi connectivity index (χ1n) is 15.1. The molecule has 1 amide bonds. The van der Waals surface area contributed by atoms with Crippen molar-refractivity contribution in [2.75, 3.05) is 63.1 Å². The number of anilines is 2. The van der Waals surface area contributed by atoms with Gasteiger partial charge in [-0.25, -0.2) is 9.97 Å². The summed E-state index contributed by atoms with van der Waals surface area (Å²) in [5.41, 5.74) is 9.63. The van der Waals surface area contributed by atoms with Crippen LogP contribution in [-0.4, -0.2) is 95.1 Å². The van der Waals surface area contributed by atoms with E-state index in [1.165, 1.54) is 17.2 Å². The van der Waals surface area contributed by atoms with Gasteiger partial charge in [0.2, 0.25) is 5.91 Å². The van der Waals surface area contributed by atoms with Gasteiger partial charge in [0, 0.05) is 92.8 Å². The molecule has 0 unspecified atom stereocenters. The van der Waals surface area contributed by atoms with E-state index in [2.05, 4.69) is 20.9 Å². The Morgan fingerprint density at radius 2 is 1.82 bits per heavy atom. The number of rotatable bonds is 10. The number of ether oxygens (including phenoxy) is 1. The van der Waals surface area contributed by atoms with Crippen LogP contribution < -0.4 is 10.6 Å². The van der Waals surface area contributed by atoms with Gasteiger partial charge in [0.15, 0.2) is 17.4 Å². The highest BCUT2D eigenvalue weighted by molar-refractivity contribution is 7.19. The number of aromatic nitrogens is 3. The minimum atomic E-state index is -0.0788. The van der Waals surface area contributed by atoms with Crippen LogP contribution in [0.5, 0.6) is 0 Å². The molecule has 1 aromatic carbocycles. The lowest BCUT2D eigenvalue weighted by molar-refractivity contribution is -0.134. The van der Waals surface area contributed by atoms with Gasteiger partial charge in [-0.2, -0.15) is 0 Å². The van der Waals surface area contributed by atoms with E-state index in [0.29, 0.717) is 43.4 Å². The Hall–Kier alpha value is -4.52. The minimum absolute atomic E-state index is 0.0138. The maximum absolute atomic E-state index is 12.8. The molecule has 12 heteroatoms. The third-order valence-corrected chi connectivity index (χ3v) is 9.16. The van der Waals surface area contributed by atoms with Gasteiger partial charge in [0.25, 0.3) is 0 Å². The van der Waals surface area contributed by atoms with Crippen LogP contribution in [0.15, 0.2) is 54.7 Å². The number of carbonyl (C=O) groups is 2. The van der Waals surface area contributed by atoms with Gasteiger partial charge in [-0.1, -0.05) is 18.2 Å². The standard InChI is InChI=1S/C33H36N8O3S/c34-21-27-26(5-3-6-28(27)35)32-37-29-20-25(45-31(29)33(38-32)41-16-18-44-19-17-41)22-39-12-14-40(15-13-39)30(43)10-9-24(42)8-7-23-4-1-2-11-36-23/h1-8,11,20-21,34H,9-10,12-19,22,35H2/b8-7+,34-21?. The van der Waals surface area contributed by atoms with Crippen LogP contribution in [0.3, 0.4) is 0 Å². The van der Waals surface area contributed by atoms with Crippen LogP contribution in [0.1, 0.15) is 29.0 Å². The molecule has 0 aliphatic carbocycles. The number of hydrogen-bond acceptors (Lipinski definition) is 11. The average Bonchev–Trinajstić information content (AvgIpc) is 3.49. The molecule has 2 fully saturated rings. The summed E-state index contributed by atoms with van der Waals surface area (Å²) in [6.45, 7) is 6.30. The van der Waals surface area contributed by atoms with Crippen LogP contribution in [0, 0.1) is 5.41 Å². The molecule has 5 heterocycles. The summed E-state index contributed by atoms with van der Waals surface area (Å²) in [6, 6.07) is 13.2. The van der Waals surface area contributed by atoms with E-state index in [9.17, 15) is 9.59 Å². The molecule has 2 saturated heterocycles. The summed E-state index contributed by atoms with van der Waals surface area (Å²) < 4.78 is 6.64. The topological polar surface area (TPSA) is 142 Å². The molecule has 4 aromatic rings. The summed E-state index contributed by atoms with van der Waals surface area (Å²) in [5.74, 6) is 1.37. The number of nitrogens with one attached hydrogen (secondary N) is 1. The first-order chi connectivity index (χ1) is 22.0. The number of hydrogen-bond donors (Lipinski definition) is 2. The number of fused-ring (bicyclic) bond motifs is 1. The molecule has 45 heavy (non-hydrogen) atoms. The third kappa shape index (κ3) is 7.25. The molecule has 0 bridgehead atoms. The molecule has 0 radical (unpaired) electrons. The van der Waals surface area contributed by atoms with E-state index in [1.54, 1.807) is 29.7 Å². The molecule has 6 rings (SSSR count). The zero-order valence-electron chi connectivity index (χ0n) is 25.0. The number of nitrogens with zero attached hydrogens (tertiary/aromatic N) is 6. The number of nitrogen functional groups attached to an aromatic ring is 1. The molecule has 232 valence electrons. The van der Waals surface area contributed by atoms with Gasteiger partial charge < -0.3 is 25.7 Å². The predicted molar refractivity (Wildman–Crippen MR) is 178 cm³/mol. The fourth-order valence-electron chi connectivity index (χ4n) is 5.59. The molecular weight excluding hydrogens is 588 g/mol. The van der Waals surface area contributed by atoms with Gasteiger partial charge in [-0.3, -0.25) is 19.5 Å². The summed E-state index contributed by atoms with van der Waals surface area (Å²) in [6.07, 6.45) is 6.52. The number of morpholine rings is 1. The Morgan fingerprint density at radius 3 is 2.58 bits per heavy atom. The number of amides is 1. The van der Waals surface area contributed by atoms with Gasteiger partial charge in [-0.15, -0.1) is 11.3 Å². The number of nitrogens with two attached hydrogens (primary N) is 1. The van der Waals surface area contributed by atoms with E-state index < -0.39 is 0 Å². The maximum Gasteiger partial charge on any atom is 0.223 e. The molecule has 0 saturated carbocycles. The Bertz CT molecular complexity index is 1710. The summed E-state index contributed by atoms with van der Waals surface area (Å²) in [7, 11) is 0. The van der Waals surface area contributed by atoms with E-state index in [0.717, 1.165) is 60.0 Å². The lowest BCUT2D eigenvalue weighted by Gasteiger charge is -2.34. The number of thiophene rings is 1. The van der Waals surface area contributed by atoms with Crippen LogP contribution >= 0.6 is 11.3 Å². The van der Waals surface area contributed by atoms with Gasteiger partial charge >= 0.3 is 0 Å². The van der Waals surface area contributed by atoms with E-state index in [-0.39, 0.29) is 24.5 Å². The van der Waals surface area contributed by atoms with Crippen molar-refractivity contribution in [3.8, 4) is 11.4 Å². The Kier molecular flexibility index (Phi) is 9.53. The quantitative estimate of drug-likeness (QED) is 0.153. The highest BCUT2D eigenvalue weighted by Crippen LogP contribution is 2.36. The number of benzene rings is 1. The molecule has 2 aliphatic rings. The monoisotopic (exact) mass is 624 g/mol. The molecule has 0 atom stereocenters. The maximum atomic E-state index is 12.8. The van der Waals surface area contributed by atoms with Crippen molar-refractivity contribution in [2.24, 2.45) is 0 Å². The molecular formula is C33H36N8O3S. The number of ketones is 1. The van der Waals surface area contributed by atoms with Gasteiger partial charge in [0.05, 0.1) is 29.1 Å². The van der Waals surface area contributed by atoms with Crippen molar-refractivity contribution in [1.29, 1.82) is 5.41 Å². The van der Waals surface area contributed by atoms with Crippen LogP contribution in [0.2, 0.25) is 0 Å². The van der Waals surface area contributed by atoms with Gasteiger partial charge in [0.1, 0.15) is 0 Å². The summed E-state index contributed by atoms with van der Waals surface area (Å²) in [5, 5.41) is 7.93. The Balaban J connectivity index is 1.11. The fourth-order valence-corrected chi connectivity index (χ4v) is 6.75. The highest BCUT2D eigenvalue weighted by Gasteiger charge is 2.24. The number of piperazine rings is 1. The smallest absolute Gasteiger partial charge is 0.223 e. The first-order valence-corrected chi connectivity index (χ1v) is 15.9. The number of allylic oxidation sites excluding steroid dienone is 1. The molecule has 3 aromatic heterocycles. The molecule has 11 nitrogen and oxygen atoms in total. The van der Waals surface area contributed by atoms with Crippen molar-refractivity contribution in [3.63, 3.8) is 0 Å². The lowest BCUT2D eigenvalue weighted by Crippen LogP contribution is -2.48. The largest absolute Gasteiger partial charge is 0.398 e. The summed E-state index contributed by atoms with van der Waals surface area (Å²) >= 11 is 1.70. The lowest BCUT2D eigenvalue weighted by atomic mass is 10.1. The highest BCUT2D eigenvalue weighted by atomic mass is 32.1. The minimum Gasteiger partial charge on any atom is -0.398 e. The van der Waals surface area contributed by atoms with Crippen LogP contribution in [0.25, 0.3) is 27.7 Å². The van der Waals surface area contributed by atoms with Gasteiger partial charge in [-0.05, 0) is 36.4 Å². The first kappa shape index (κ1) is 30.5. The van der Waals surface area contributed by atoms with Crippen molar-refractivity contribution in [3.05, 3.63) is 70.9 Å². The Morgan fingerprint density at radius 1 is 1.00 bits per heavy atom.